The van der Waals surface area contributed by atoms with Crippen LogP contribution >= 0.6 is 0 Å². The fourth-order valence-corrected chi connectivity index (χ4v) is 2.78. The average molecular weight is 281 g/mol. The Morgan fingerprint density at radius 3 is 2.75 bits per heavy atom. The van der Waals surface area contributed by atoms with Crippen LogP contribution < -0.4 is 5.32 Å². The van der Waals surface area contributed by atoms with Crippen molar-refractivity contribution in [3.63, 3.8) is 0 Å². The van der Waals surface area contributed by atoms with E-state index in [0.29, 0.717) is 32.2 Å². The molecule has 0 amide bonds. The lowest BCUT2D eigenvalue weighted by Crippen LogP contribution is -2.41. The highest BCUT2D eigenvalue weighted by Crippen LogP contribution is 2.32. The zero-order chi connectivity index (χ0) is 14.8. The molecule has 0 unspecified atom stereocenters. The Kier molecular flexibility index (Phi) is 4.32. The molecule has 1 fully saturated rings. The van der Waals surface area contributed by atoms with Gasteiger partial charge in [0, 0.05) is 19.8 Å². The van der Waals surface area contributed by atoms with Crippen LogP contribution in [0, 0.1) is 5.92 Å². The van der Waals surface area contributed by atoms with Gasteiger partial charge in [-0.05, 0) is 32.1 Å². The number of rotatable bonds is 5. The number of carbonyl (C=O) groups is 1. The largest absolute Gasteiger partial charge is 0.481 e. The molecule has 6 nitrogen and oxygen atoms in total. The van der Waals surface area contributed by atoms with Crippen molar-refractivity contribution in [2.45, 2.75) is 44.6 Å². The highest BCUT2D eigenvalue weighted by Gasteiger charge is 2.35. The second-order valence-electron chi connectivity index (χ2n) is 5.71. The topological polar surface area (TPSA) is 87.4 Å². The average Bonchev–Trinajstić information content (AvgIpc) is 2.77. The van der Waals surface area contributed by atoms with E-state index in [1.54, 1.807) is 4.68 Å². The first kappa shape index (κ1) is 14.8. The van der Waals surface area contributed by atoms with Crippen molar-refractivity contribution in [1.29, 1.82) is 0 Å². The number of aliphatic hydroxyl groups is 1. The van der Waals surface area contributed by atoms with E-state index < -0.39 is 11.6 Å². The van der Waals surface area contributed by atoms with Crippen LogP contribution in [0.2, 0.25) is 0 Å². The van der Waals surface area contributed by atoms with Gasteiger partial charge in [-0.25, -0.2) is 0 Å². The van der Waals surface area contributed by atoms with E-state index in [-0.39, 0.29) is 5.92 Å². The van der Waals surface area contributed by atoms with E-state index in [0.717, 1.165) is 17.8 Å². The SMILES string of the molecule is CCc1nn(C)cc1NCC1(O)CCC(C(=O)O)CC1. The Morgan fingerprint density at radius 1 is 1.55 bits per heavy atom. The third-order valence-corrected chi connectivity index (χ3v) is 4.11. The molecule has 0 saturated heterocycles. The fourth-order valence-electron chi connectivity index (χ4n) is 2.78. The molecule has 1 saturated carbocycles. The number of aliphatic carboxylic acids is 1. The predicted molar refractivity (Wildman–Crippen MR) is 75.6 cm³/mol. The quantitative estimate of drug-likeness (QED) is 0.759. The first-order valence-electron chi connectivity index (χ1n) is 7.15. The summed E-state index contributed by atoms with van der Waals surface area (Å²) in [5.41, 5.74) is 1.12. The standard InChI is InChI=1S/C14H23N3O3/c1-3-11-12(8-17(2)16-11)15-9-14(20)6-4-10(5-7-14)13(18)19/h8,10,15,20H,3-7,9H2,1-2H3,(H,18,19). The van der Waals surface area contributed by atoms with E-state index in [4.69, 9.17) is 5.11 Å². The molecule has 0 aliphatic heterocycles. The highest BCUT2D eigenvalue weighted by atomic mass is 16.4. The van der Waals surface area contributed by atoms with Gasteiger partial charge in [0.25, 0.3) is 0 Å². The molecule has 1 heterocycles. The predicted octanol–water partition coefficient (Wildman–Crippen LogP) is 1.40. The minimum absolute atomic E-state index is 0.306. The van der Waals surface area contributed by atoms with E-state index in [1.807, 2.05) is 20.2 Å². The number of aromatic nitrogens is 2. The molecule has 0 radical (unpaired) electrons. The summed E-state index contributed by atoms with van der Waals surface area (Å²) in [6, 6.07) is 0. The van der Waals surface area contributed by atoms with Crippen molar-refractivity contribution in [1.82, 2.24) is 9.78 Å². The lowest BCUT2D eigenvalue weighted by molar-refractivity contribution is -0.144. The van der Waals surface area contributed by atoms with Gasteiger partial charge in [0.2, 0.25) is 0 Å². The summed E-state index contributed by atoms with van der Waals surface area (Å²) in [6.07, 6.45) is 4.88. The molecule has 112 valence electrons. The maximum atomic E-state index is 10.9. The zero-order valence-corrected chi connectivity index (χ0v) is 12.1. The van der Waals surface area contributed by atoms with Gasteiger partial charge in [-0.2, -0.15) is 5.10 Å². The van der Waals surface area contributed by atoms with Gasteiger partial charge in [0.15, 0.2) is 0 Å². The molecule has 1 aromatic heterocycles. The Bertz CT molecular complexity index is 476. The maximum absolute atomic E-state index is 10.9. The van der Waals surface area contributed by atoms with Crippen molar-refractivity contribution < 1.29 is 15.0 Å². The number of hydrogen-bond acceptors (Lipinski definition) is 4. The molecule has 0 atom stereocenters. The van der Waals surface area contributed by atoms with Gasteiger partial charge in [0.05, 0.1) is 22.9 Å². The van der Waals surface area contributed by atoms with Crippen LogP contribution in [0.15, 0.2) is 6.20 Å². The summed E-state index contributed by atoms with van der Waals surface area (Å²) in [7, 11) is 1.87. The molecule has 1 aliphatic rings. The molecule has 2 rings (SSSR count). The van der Waals surface area contributed by atoms with Gasteiger partial charge in [0.1, 0.15) is 0 Å². The molecular formula is C14H23N3O3. The first-order valence-corrected chi connectivity index (χ1v) is 7.15. The summed E-state index contributed by atoms with van der Waals surface area (Å²) in [5, 5.41) is 27.1. The van der Waals surface area contributed by atoms with Crippen LogP contribution in [-0.4, -0.2) is 38.1 Å². The highest BCUT2D eigenvalue weighted by molar-refractivity contribution is 5.70. The Labute approximate surface area is 118 Å². The van der Waals surface area contributed by atoms with Crippen LogP contribution in [0.3, 0.4) is 0 Å². The summed E-state index contributed by atoms with van der Waals surface area (Å²) in [6.45, 7) is 2.48. The smallest absolute Gasteiger partial charge is 0.306 e. The van der Waals surface area contributed by atoms with Crippen LogP contribution in [0.1, 0.15) is 38.3 Å². The van der Waals surface area contributed by atoms with Crippen molar-refractivity contribution in [2.24, 2.45) is 13.0 Å². The van der Waals surface area contributed by atoms with Gasteiger partial charge < -0.3 is 15.5 Å². The molecule has 3 N–H and O–H groups in total. The number of aryl methyl sites for hydroxylation is 2. The minimum Gasteiger partial charge on any atom is -0.481 e. The van der Waals surface area contributed by atoms with Crippen LogP contribution in [0.25, 0.3) is 0 Å². The summed E-state index contributed by atoms with van der Waals surface area (Å²) < 4.78 is 1.76. The lowest BCUT2D eigenvalue weighted by Gasteiger charge is -2.34. The number of anilines is 1. The van der Waals surface area contributed by atoms with Crippen LogP contribution in [0.4, 0.5) is 5.69 Å². The second-order valence-corrected chi connectivity index (χ2v) is 5.71. The minimum atomic E-state index is -0.813. The Balaban J connectivity index is 1.92. The third-order valence-electron chi connectivity index (χ3n) is 4.11. The summed E-state index contributed by atoms with van der Waals surface area (Å²) >= 11 is 0. The van der Waals surface area contributed by atoms with Crippen molar-refractivity contribution in [3.8, 4) is 0 Å². The Morgan fingerprint density at radius 2 is 2.20 bits per heavy atom. The van der Waals surface area contributed by atoms with Gasteiger partial charge in [-0.3, -0.25) is 9.48 Å². The molecule has 0 bridgehead atoms. The van der Waals surface area contributed by atoms with E-state index in [2.05, 4.69) is 10.4 Å². The van der Waals surface area contributed by atoms with E-state index in [9.17, 15) is 9.90 Å². The summed E-state index contributed by atoms with van der Waals surface area (Å²) in [4.78, 5) is 10.9. The number of carboxylic acids is 1. The van der Waals surface area contributed by atoms with E-state index in [1.165, 1.54) is 0 Å². The normalized spacial score (nSPS) is 26.4. The van der Waals surface area contributed by atoms with Gasteiger partial charge in [-0.1, -0.05) is 6.92 Å². The first-order chi connectivity index (χ1) is 9.43. The number of hydrogen-bond donors (Lipinski definition) is 3. The number of nitrogens with one attached hydrogen (secondary N) is 1. The number of carboxylic acid groups (broad SMARTS) is 1. The number of nitrogens with zero attached hydrogens (tertiary/aromatic N) is 2. The molecule has 1 aliphatic carbocycles. The van der Waals surface area contributed by atoms with Crippen LogP contribution in [0.5, 0.6) is 0 Å². The monoisotopic (exact) mass is 281 g/mol. The van der Waals surface area contributed by atoms with Gasteiger partial charge >= 0.3 is 5.97 Å². The lowest BCUT2D eigenvalue weighted by atomic mass is 9.79. The van der Waals surface area contributed by atoms with Crippen molar-refractivity contribution in [2.75, 3.05) is 11.9 Å². The Hall–Kier alpha value is -1.56. The second kappa shape index (κ2) is 5.83. The van der Waals surface area contributed by atoms with E-state index >= 15 is 0 Å². The van der Waals surface area contributed by atoms with Crippen molar-refractivity contribution in [3.05, 3.63) is 11.9 Å². The molecule has 0 spiro atoms. The molecule has 20 heavy (non-hydrogen) atoms. The molecule has 1 aromatic rings. The summed E-state index contributed by atoms with van der Waals surface area (Å²) in [5.74, 6) is -1.06. The molecular weight excluding hydrogens is 258 g/mol. The molecule has 6 heteroatoms. The van der Waals surface area contributed by atoms with Crippen molar-refractivity contribution >= 4 is 11.7 Å². The van der Waals surface area contributed by atoms with Gasteiger partial charge in [-0.15, -0.1) is 0 Å². The fraction of sp³-hybridized carbons (Fsp3) is 0.714. The zero-order valence-electron chi connectivity index (χ0n) is 12.1. The maximum Gasteiger partial charge on any atom is 0.306 e. The third kappa shape index (κ3) is 3.30. The molecule has 0 aromatic carbocycles. The van der Waals surface area contributed by atoms with Crippen LogP contribution in [-0.2, 0) is 18.3 Å².